The van der Waals surface area contributed by atoms with Crippen LogP contribution in [0.3, 0.4) is 0 Å². The Kier molecular flexibility index (Phi) is 5.23. The molecule has 0 aliphatic heterocycles. The summed E-state index contributed by atoms with van der Waals surface area (Å²) in [5.74, 6) is 0. The van der Waals surface area contributed by atoms with E-state index in [-0.39, 0.29) is 0 Å². The lowest BCUT2D eigenvalue weighted by Gasteiger charge is -1.96. The lowest BCUT2D eigenvalue weighted by Crippen LogP contribution is -1.80. The van der Waals surface area contributed by atoms with Gasteiger partial charge in [0.15, 0.2) is 0 Å². The Labute approximate surface area is 92.5 Å². The normalized spacial score (nSPS) is 10.5. The molecule has 0 saturated heterocycles. The third-order valence-corrected chi connectivity index (χ3v) is 3.86. The van der Waals surface area contributed by atoms with Crippen LogP contribution in [-0.2, 0) is 6.42 Å². The van der Waals surface area contributed by atoms with Crippen LogP contribution in [0.5, 0.6) is 0 Å². The minimum absolute atomic E-state index is 1.29. The molecule has 2 heteroatoms. The number of unbranched alkanes of at least 4 members (excludes halogenated alkanes) is 3. The highest BCUT2D eigenvalue weighted by molar-refractivity contribution is 14.1. The van der Waals surface area contributed by atoms with Gasteiger partial charge in [-0.3, -0.25) is 0 Å². The Balaban J connectivity index is 2.15. The van der Waals surface area contributed by atoms with E-state index in [0.717, 1.165) is 0 Å². The van der Waals surface area contributed by atoms with Gasteiger partial charge in [-0.2, -0.15) is 0 Å². The number of hydrogen-bond donors (Lipinski definition) is 0. The smallest absolute Gasteiger partial charge is 0.0656 e. The van der Waals surface area contributed by atoms with E-state index < -0.39 is 0 Å². The van der Waals surface area contributed by atoms with Crippen molar-refractivity contribution < 1.29 is 0 Å². The minimum Gasteiger partial charge on any atom is -0.134 e. The Morgan fingerprint density at radius 3 is 2.67 bits per heavy atom. The highest BCUT2D eigenvalue weighted by Gasteiger charge is 1.96. The van der Waals surface area contributed by atoms with E-state index in [0.29, 0.717) is 0 Å². The monoisotopic (exact) mass is 294 g/mol. The van der Waals surface area contributed by atoms with Gasteiger partial charge in [-0.25, -0.2) is 0 Å². The largest absolute Gasteiger partial charge is 0.134 e. The first kappa shape index (κ1) is 10.5. The molecule has 1 rings (SSSR count). The van der Waals surface area contributed by atoms with Gasteiger partial charge in [0.2, 0.25) is 0 Å². The molecule has 12 heavy (non-hydrogen) atoms. The molecular formula is C10H15IS. The summed E-state index contributed by atoms with van der Waals surface area (Å²) in [6.07, 6.45) is 6.77. The summed E-state index contributed by atoms with van der Waals surface area (Å²) in [6, 6.07) is 4.47. The van der Waals surface area contributed by atoms with E-state index in [2.05, 4.69) is 41.6 Å². The first-order valence-corrected chi connectivity index (χ1v) is 6.46. The zero-order valence-corrected chi connectivity index (χ0v) is 10.5. The fourth-order valence-electron chi connectivity index (χ4n) is 1.21. The summed E-state index contributed by atoms with van der Waals surface area (Å²) in [5.41, 5.74) is 0. The molecule has 0 bridgehead atoms. The molecule has 0 nitrogen and oxygen atoms in total. The second-order valence-corrected chi connectivity index (χ2v) is 6.08. The number of halogens is 1. The highest BCUT2D eigenvalue weighted by Crippen LogP contribution is 2.20. The van der Waals surface area contributed by atoms with Crippen molar-refractivity contribution >= 4 is 33.9 Å². The summed E-state index contributed by atoms with van der Waals surface area (Å²) in [6.45, 7) is 2.26. The molecule has 0 atom stereocenters. The molecule has 0 aliphatic rings. The average molecular weight is 294 g/mol. The molecule has 0 fully saturated rings. The van der Waals surface area contributed by atoms with Gasteiger partial charge in [0, 0.05) is 4.88 Å². The molecule has 0 amide bonds. The standard InChI is InChI=1S/C10H15IS/c1-2-3-4-5-6-9-7-8-10(11)12-9/h7-8H,2-6H2,1H3. The van der Waals surface area contributed by atoms with Gasteiger partial charge in [0.1, 0.15) is 0 Å². The van der Waals surface area contributed by atoms with E-state index in [1.54, 1.807) is 4.88 Å². The maximum Gasteiger partial charge on any atom is 0.0656 e. The van der Waals surface area contributed by atoms with Gasteiger partial charge in [0.25, 0.3) is 0 Å². The van der Waals surface area contributed by atoms with Gasteiger partial charge >= 0.3 is 0 Å². The summed E-state index contributed by atoms with van der Waals surface area (Å²) < 4.78 is 1.41. The Hall–Kier alpha value is 0.430. The van der Waals surface area contributed by atoms with Crippen LogP contribution in [0.4, 0.5) is 0 Å². The van der Waals surface area contributed by atoms with Gasteiger partial charge < -0.3 is 0 Å². The molecule has 1 heterocycles. The zero-order chi connectivity index (χ0) is 8.81. The van der Waals surface area contributed by atoms with Crippen LogP contribution < -0.4 is 0 Å². The van der Waals surface area contributed by atoms with Crippen LogP contribution in [0.2, 0.25) is 0 Å². The molecule has 0 spiro atoms. The van der Waals surface area contributed by atoms with Crippen LogP contribution >= 0.6 is 33.9 Å². The number of hydrogen-bond acceptors (Lipinski definition) is 1. The lowest BCUT2D eigenvalue weighted by molar-refractivity contribution is 0.670. The summed E-state index contributed by atoms with van der Waals surface area (Å²) >= 11 is 4.32. The Morgan fingerprint density at radius 1 is 1.25 bits per heavy atom. The maximum absolute atomic E-state index is 2.39. The van der Waals surface area contributed by atoms with E-state index in [4.69, 9.17) is 0 Å². The van der Waals surface area contributed by atoms with Gasteiger partial charge in [-0.1, -0.05) is 26.2 Å². The maximum atomic E-state index is 2.39. The van der Waals surface area contributed by atoms with Crippen molar-refractivity contribution in [3.05, 3.63) is 19.9 Å². The topological polar surface area (TPSA) is 0 Å². The van der Waals surface area contributed by atoms with Crippen molar-refractivity contribution in [2.45, 2.75) is 39.0 Å². The SMILES string of the molecule is CCCCCCc1ccc(I)s1. The van der Waals surface area contributed by atoms with E-state index in [9.17, 15) is 0 Å². The average Bonchev–Trinajstić information content (AvgIpc) is 2.45. The van der Waals surface area contributed by atoms with Crippen molar-refractivity contribution in [3.8, 4) is 0 Å². The van der Waals surface area contributed by atoms with E-state index >= 15 is 0 Å². The fourth-order valence-corrected chi connectivity index (χ4v) is 3.01. The van der Waals surface area contributed by atoms with Crippen molar-refractivity contribution in [1.29, 1.82) is 0 Å². The van der Waals surface area contributed by atoms with Crippen LogP contribution in [-0.4, -0.2) is 0 Å². The molecular weight excluding hydrogens is 279 g/mol. The van der Waals surface area contributed by atoms with E-state index in [1.807, 2.05) is 11.3 Å². The molecule has 0 saturated carbocycles. The third kappa shape index (κ3) is 3.90. The van der Waals surface area contributed by atoms with Crippen LogP contribution in [0, 0.1) is 2.88 Å². The molecule has 0 unspecified atom stereocenters. The van der Waals surface area contributed by atoms with E-state index in [1.165, 1.54) is 35.0 Å². The number of rotatable bonds is 5. The minimum atomic E-state index is 1.29. The predicted molar refractivity (Wildman–Crippen MR) is 64.9 cm³/mol. The quantitative estimate of drug-likeness (QED) is 0.555. The first-order chi connectivity index (χ1) is 5.83. The molecule has 0 radical (unpaired) electrons. The molecule has 1 aromatic rings. The summed E-state index contributed by atoms with van der Waals surface area (Å²) in [7, 11) is 0. The van der Waals surface area contributed by atoms with Crippen molar-refractivity contribution in [2.24, 2.45) is 0 Å². The second kappa shape index (κ2) is 5.97. The van der Waals surface area contributed by atoms with Gasteiger partial charge in [-0.05, 0) is 47.6 Å². The highest BCUT2D eigenvalue weighted by atomic mass is 127. The van der Waals surface area contributed by atoms with Crippen LogP contribution in [0.1, 0.15) is 37.5 Å². The van der Waals surface area contributed by atoms with Crippen LogP contribution in [0.25, 0.3) is 0 Å². The third-order valence-electron chi connectivity index (χ3n) is 1.91. The van der Waals surface area contributed by atoms with Crippen molar-refractivity contribution in [1.82, 2.24) is 0 Å². The Bertz CT molecular complexity index is 217. The number of thiophene rings is 1. The molecule has 68 valence electrons. The van der Waals surface area contributed by atoms with Crippen molar-refractivity contribution in [3.63, 3.8) is 0 Å². The zero-order valence-electron chi connectivity index (χ0n) is 7.48. The molecule has 0 N–H and O–H groups in total. The van der Waals surface area contributed by atoms with Gasteiger partial charge in [0.05, 0.1) is 2.88 Å². The molecule has 0 aromatic carbocycles. The lowest BCUT2D eigenvalue weighted by atomic mass is 10.1. The molecule has 1 aromatic heterocycles. The summed E-state index contributed by atoms with van der Waals surface area (Å²) in [5, 5.41) is 0. The van der Waals surface area contributed by atoms with Crippen LogP contribution in [0.15, 0.2) is 12.1 Å². The van der Waals surface area contributed by atoms with Gasteiger partial charge in [-0.15, -0.1) is 11.3 Å². The number of aryl methyl sites for hydroxylation is 1. The molecule has 0 aliphatic carbocycles. The fraction of sp³-hybridized carbons (Fsp3) is 0.600. The Morgan fingerprint density at radius 2 is 2.08 bits per heavy atom. The first-order valence-electron chi connectivity index (χ1n) is 4.57. The predicted octanol–water partition coefficient (Wildman–Crippen LogP) is 4.48. The van der Waals surface area contributed by atoms with Crippen molar-refractivity contribution in [2.75, 3.05) is 0 Å². The second-order valence-electron chi connectivity index (χ2n) is 3.02. The summed E-state index contributed by atoms with van der Waals surface area (Å²) in [4.78, 5) is 1.55.